The molecule has 0 radical (unpaired) electrons. The van der Waals surface area contributed by atoms with E-state index < -0.39 is 6.10 Å². The molecule has 5 rings (SSSR count). The van der Waals surface area contributed by atoms with Crippen molar-refractivity contribution in [3.05, 3.63) is 64.2 Å². The Labute approximate surface area is 243 Å². The van der Waals surface area contributed by atoms with Crippen molar-refractivity contribution in [2.24, 2.45) is 0 Å². The van der Waals surface area contributed by atoms with Gasteiger partial charge in [-0.25, -0.2) is 15.0 Å². The molecule has 1 fully saturated rings. The first kappa shape index (κ1) is 29.3. The number of oxazole rings is 1. The number of benzene rings is 1. The number of halogens is 1. The molecule has 3 aromatic rings. The van der Waals surface area contributed by atoms with E-state index >= 15 is 0 Å². The third kappa shape index (κ3) is 7.93. The van der Waals surface area contributed by atoms with Crippen molar-refractivity contribution in [2.75, 3.05) is 25.0 Å². The average Bonchev–Trinajstić information content (AvgIpc) is 3.46. The Morgan fingerprint density at radius 1 is 1.26 bits per heavy atom. The molecule has 3 N–H and O–H groups in total. The second-order valence-electron chi connectivity index (χ2n) is 9.89. The van der Waals surface area contributed by atoms with Crippen LogP contribution in [-0.4, -0.2) is 62.6 Å². The minimum absolute atomic E-state index is 0. The van der Waals surface area contributed by atoms with Crippen molar-refractivity contribution in [3.63, 3.8) is 0 Å². The summed E-state index contributed by atoms with van der Waals surface area (Å²) in [5.74, 6) is 1.78. The van der Waals surface area contributed by atoms with Crippen molar-refractivity contribution in [3.8, 4) is 5.75 Å². The van der Waals surface area contributed by atoms with Crippen LogP contribution in [0.2, 0.25) is 0 Å². The molecule has 3 heterocycles. The molecule has 1 aromatic carbocycles. The Morgan fingerprint density at radius 3 is 2.90 bits per heavy atom. The summed E-state index contributed by atoms with van der Waals surface area (Å²) in [4.78, 5) is 27.1. The molecule has 210 valence electrons. The van der Waals surface area contributed by atoms with Gasteiger partial charge < -0.3 is 24.9 Å². The summed E-state index contributed by atoms with van der Waals surface area (Å²) in [5.41, 5.74) is 2.69. The number of anilines is 1. The van der Waals surface area contributed by atoms with Crippen LogP contribution in [0, 0.1) is 0 Å². The summed E-state index contributed by atoms with van der Waals surface area (Å²) < 4.78 is 12.1. The lowest BCUT2D eigenvalue weighted by atomic mass is 9.95. The van der Waals surface area contributed by atoms with Crippen LogP contribution in [0.4, 0.5) is 5.82 Å². The monoisotopic (exact) mass is 618 g/mol. The van der Waals surface area contributed by atoms with E-state index in [1.54, 1.807) is 12.3 Å². The van der Waals surface area contributed by atoms with Crippen molar-refractivity contribution in [1.82, 2.24) is 25.2 Å². The third-order valence-electron chi connectivity index (χ3n) is 7.05. The zero-order valence-corrected chi connectivity index (χ0v) is 24.3. The van der Waals surface area contributed by atoms with Gasteiger partial charge >= 0.3 is 0 Å². The standard InChI is InChI=1S/C27H33BrN6O4.H2S/c28-26-22-8-9-34(13-18(22)6-7-24(26)37-15-21-12-29-17-38-21)14-20(35)11-30-27(36)23-10-25(32-16-31-23)33-19-4-2-1-3-5-19;/h6-7,10,12,16-17,19-20,35H,1-5,8-9,11,13-15H2,(H,30,36)(H,31,32,33);1H2/t20-;/m0./s1. The quantitative estimate of drug-likeness (QED) is 0.311. The minimum atomic E-state index is -0.699. The molecule has 1 atom stereocenters. The summed E-state index contributed by atoms with van der Waals surface area (Å²) in [7, 11) is 0. The van der Waals surface area contributed by atoms with E-state index in [0.717, 1.165) is 36.0 Å². The Hall–Kier alpha value is -2.67. The Bertz CT molecular complexity index is 1220. The van der Waals surface area contributed by atoms with Crippen LogP contribution < -0.4 is 15.4 Å². The number of aromatic nitrogens is 3. The number of hydrogen-bond acceptors (Lipinski definition) is 9. The largest absolute Gasteiger partial charge is 0.484 e. The fourth-order valence-corrected chi connectivity index (χ4v) is 5.76. The summed E-state index contributed by atoms with van der Waals surface area (Å²) in [6.07, 6.45) is 10.5. The molecule has 12 heteroatoms. The van der Waals surface area contributed by atoms with Crippen molar-refractivity contribution in [1.29, 1.82) is 0 Å². The highest BCUT2D eigenvalue weighted by Gasteiger charge is 2.23. The molecular weight excluding hydrogens is 584 g/mol. The normalized spacial score (nSPS) is 16.6. The van der Waals surface area contributed by atoms with E-state index in [0.29, 0.717) is 43.0 Å². The number of carbonyl (C=O) groups is 1. The molecule has 0 bridgehead atoms. The molecule has 1 aliphatic carbocycles. The maximum Gasteiger partial charge on any atom is 0.270 e. The van der Waals surface area contributed by atoms with Crippen LogP contribution in [0.3, 0.4) is 0 Å². The number of hydrogen-bond donors (Lipinski definition) is 3. The number of nitrogens with one attached hydrogen (secondary N) is 2. The molecule has 10 nitrogen and oxygen atoms in total. The van der Waals surface area contributed by atoms with Crippen LogP contribution in [-0.2, 0) is 19.6 Å². The summed E-state index contributed by atoms with van der Waals surface area (Å²) in [6, 6.07) is 6.08. The van der Waals surface area contributed by atoms with Crippen LogP contribution in [0.1, 0.15) is 59.5 Å². The van der Waals surface area contributed by atoms with Crippen LogP contribution in [0.5, 0.6) is 5.75 Å². The maximum absolute atomic E-state index is 12.7. The number of aliphatic hydroxyl groups is 1. The van der Waals surface area contributed by atoms with Crippen LogP contribution in [0.15, 0.2) is 46.0 Å². The second-order valence-corrected chi connectivity index (χ2v) is 10.7. The van der Waals surface area contributed by atoms with Gasteiger partial charge in [0.25, 0.3) is 5.91 Å². The zero-order chi connectivity index (χ0) is 26.3. The van der Waals surface area contributed by atoms with Gasteiger partial charge in [0.05, 0.1) is 16.8 Å². The van der Waals surface area contributed by atoms with Crippen molar-refractivity contribution < 1.29 is 19.1 Å². The molecular formula is C27H35BrN6O4S. The Balaban J connectivity index is 0.00000353. The van der Waals surface area contributed by atoms with E-state index in [2.05, 4.69) is 52.5 Å². The third-order valence-corrected chi connectivity index (χ3v) is 7.92. The number of carbonyl (C=O) groups excluding carboxylic acids is 1. The summed E-state index contributed by atoms with van der Waals surface area (Å²) >= 11 is 3.70. The molecule has 2 aliphatic rings. The molecule has 1 saturated carbocycles. The van der Waals surface area contributed by atoms with Gasteiger partial charge in [0, 0.05) is 38.3 Å². The molecule has 2 aromatic heterocycles. The number of nitrogens with zero attached hydrogens (tertiary/aromatic N) is 4. The lowest BCUT2D eigenvalue weighted by Gasteiger charge is -2.31. The predicted octanol–water partition coefficient (Wildman–Crippen LogP) is 3.81. The number of rotatable bonds is 10. The van der Waals surface area contributed by atoms with E-state index in [1.807, 2.05) is 6.07 Å². The van der Waals surface area contributed by atoms with E-state index in [4.69, 9.17) is 9.15 Å². The topological polar surface area (TPSA) is 126 Å². The fourth-order valence-electron chi connectivity index (χ4n) is 5.06. The second kappa shape index (κ2) is 14.1. The highest BCUT2D eigenvalue weighted by Crippen LogP contribution is 2.35. The molecule has 1 aliphatic heterocycles. The summed E-state index contributed by atoms with van der Waals surface area (Å²) in [6.45, 7) is 2.43. The summed E-state index contributed by atoms with van der Waals surface area (Å²) in [5, 5.41) is 16.9. The van der Waals surface area contributed by atoms with Gasteiger partial charge in [-0.2, -0.15) is 13.5 Å². The number of amides is 1. The van der Waals surface area contributed by atoms with Crippen LogP contribution >= 0.6 is 29.4 Å². The predicted molar refractivity (Wildman–Crippen MR) is 155 cm³/mol. The minimum Gasteiger partial charge on any atom is -0.484 e. The molecule has 39 heavy (non-hydrogen) atoms. The van der Waals surface area contributed by atoms with Gasteiger partial charge in [-0.15, -0.1) is 0 Å². The van der Waals surface area contributed by atoms with E-state index in [-0.39, 0.29) is 25.9 Å². The first-order valence-corrected chi connectivity index (χ1v) is 13.9. The number of aliphatic hydroxyl groups excluding tert-OH is 1. The molecule has 0 unspecified atom stereocenters. The zero-order valence-electron chi connectivity index (χ0n) is 21.7. The van der Waals surface area contributed by atoms with Crippen molar-refractivity contribution >= 4 is 41.2 Å². The average molecular weight is 620 g/mol. The first-order chi connectivity index (χ1) is 18.5. The first-order valence-electron chi connectivity index (χ1n) is 13.1. The molecule has 0 saturated heterocycles. The lowest BCUT2D eigenvalue weighted by Crippen LogP contribution is -2.42. The number of fused-ring (bicyclic) bond motifs is 1. The van der Waals surface area contributed by atoms with Crippen molar-refractivity contribution in [2.45, 2.75) is 63.8 Å². The Morgan fingerprint density at radius 2 is 2.10 bits per heavy atom. The molecule has 0 spiro atoms. The smallest absolute Gasteiger partial charge is 0.270 e. The van der Waals surface area contributed by atoms with E-state index in [9.17, 15) is 9.90 Å². The SMILES string of the molecule is O=C(NC[C@H](O)CN1CCc2c(ccc(OCc3cnco3)c2Br)C1)c1cc(NC2CCCCC2)ncn1.S. The maximum atomic E-state index is 12.7. The Kier molecular flexibility index (Phi) is 10.6. The molecule has 1 amide bonds. The number of β-amino-alcohol motifs (C(OH)–C–C–N with tert-alkyl or cyclic N) is 1. The van der Waals surface area contributed by atoms with Gasteiger partial charge in [0.2, 0.25) is 0 Å². The van der Waals surface area contributed by atoms with Crippen LogP contribution in [0.25, 0.3) is 0 Å². The van der Waals surface area contributed by atoms with Gasteiger partial charge in [0.15, 0.2) is 12.2 Å². The number of ether oxygens (including phenoxy) is 1. The van der Waals surface area contributed by atoms with Gasteiger partial charge in [-0.05, 0) is 52.4 Å². The highest BCUT2D eigenvalue weighted by molar-refractivity contribution is 9.10. The fraction of sp³-hybridized carbons (Fsp3) is 0.481. The lowest BCUT2D eigenvalue weighted by molar-refractivity contribution is 0.0837. The van der Waals surface area contributed by atoms with Gasteiger partial charge in [0.1, 0.15) is 30.2 Å². The van der Waals surface area contributed by atoms with Gasteiger partial charge in [-0.3, -0.25) is 9.69 Å². The highest BCUT2D eigenvalue weighted by atomic mass is 79.9. The van der Waals surface area contributed by atoms with E-state index in [1.165, 1.54) is 43.1 Å². The van der Waals surface area contributed by atoms with Gasteiger partial charge in [-0.1, -0.05) is 25.3 Å².